The van der Waals surface area contributed by atoms with Gasteiger partial charge >= 0.3 is 0 Å². The van der Waals surface area contributed by atoms with E-state index in [-0.39, 0.29) is 0 Å². The lowest BCUT2D eigenvalue weighted by molar-refractivity contribution is 0.0310. The smallest absolute Gasteiger partial charge is 0.0700 e. The van der Waals surface area contributed by atoms with Crippen molar-refractivity contribution in [3.05, 3.63) is 29.8 Å². The summed E-state index contributed by atoms with van der Waals surface area (Å²) in [6.07, 6.45) is 2.90. The molecule has 2 atom stereocenters. The molecule has 2 heterocycles. The number of fused-ring (bicyclic) bond motifs is 1. The van der Waals surface area contributed by atoms with Gasteiger partial charge in [0.25, 0.3) is 0 Å². The third-order valence-corrected chi connectivity index (χ3v) is 4.84. The molecule has 2 aliphatic rings. The summed E-state index contributed by atoms with van der Waals surface area (Å²) in [5.41, 5.74) is 1.49. The van der Waals surface area contributed by atoms with Crippen molar-refractivity contribution in [1.82, 2.24) is 5.32 Å². The molecule has 92 valence electrons. The van der Waals surface area contributed by atoms with Gasteiger partial charge in [0.1, 0.15) is 0 Å². The van der Waals surface area contributed by atoms with E-state index in [1.165, 1.54) is 29.1 Å². The molecule has 0 bridgehead atoms. The van der Waals surface area contributed by atoms with Crippen LogP contribution in [0.15, 0.2) is 29.2 Å². The van der Waals surface area contributed by atoms with Crippen molar-refractivity contribution < 1.29 is 4.74 Å². The molecular formula is C14H19NOS. The van der Waals surface area contributed by atoms with Crippen molar-refractivity contribution in [2.45, 2.75) is 29.8 Å². The molecule has 2 nitrogen and oxygen atoms in total. The first-order chi connectivity index (χ1) is 8.43. The first-order valence-corrected chi connectivity index (χ1v) is 7.46. The van der Waals surface area contributed by atoms with Gasteiger partial charge in [0.2, 0.25) is 0 Å². The molecule has 1 saturated heterocycles. The average Bonchev–Trinajstić information content (AvgIpc) is 2.81. The minimum absolute atomic E-state index is 0.432. The molecule has 1 aromatic rings. The van der Waals surface area contributed by atoms with Gasteiger partial charge in [-0.25, -0.2) is 0 Å². The van der Waals surface area contributed by atoms with E-state index in [0.29, 0.717) is 12.0 Å². The fraction of sp³-hybridized carbons (Fsp3) is 0.571. The lowest BCUT2D eigenvalue weighted by Crippen LogP contribution is -2.36. The second-order valence-electron chi connectivity index (χ2n) is 4.85. The summed E-state index contributed by atoms with van der Waals surface area (Å²) in [6.45, 7) is 3.07. The lowest BCUT2D eigenvalue weighted by Gasteiger charge is -2.24. The van der Waals surface area contributed by atoms with Gasteiger partial charge in [0.05, 0.1) is 12.7 Å². The van der Waals surface area contributed by atoms with Crippen LogP contribution in [0.5, 0.6) is 0 Å². The standard InChI is InChI=1S/C14H19NOS/c1-2-6-14-13(5-1)11(10-17-14)9-16-12-4-3-7-15-8-12/h1-2,5-6,11-12,15H,3-4,7-10H2/t11?,12-/m0/s1. The predicted molar refractivity (Wildman–Crippen MR) is 71.8 cm³/mol. The highest BCUT2D eigenvalue weighted by atomic mass is 32.2. The molecule has 0 amide bonds. The Morgan fingerprint density at radius 2 is 2.29 bits per heavy atom. The number of ether oxygens (including phenoxy) is 1. The molecule has 0 aromatic heterocycles. The molecule has 1 unspecified atom stereocenters. The molecular weight excluding hydrogens is 230 g/mol. The minimum Gasteiger partial charge on any atom is -0.376 e. The number of hydrogen-bond donors (Lipinski definition) is 1. The molecule has 0 radical (unpaired) electrons. The Labute approximate surface area is 107 Å². The lowest BCUT2D eigenvalue weighted by atomic mass is 10.0. The first kappa shape index (κ1) is 11.6. The van der Waals surface area contributed by atoms with Crippen LogP contribution in [0.25, 0.3) is 0 Å². The highest BCUT2D eigenvalue weighted by Crippen LogP contribution is 2.39. The van der Waals surface area contributed by atoms with Crippen molar-refractivity contribution in [3.8, 4) is 0 Å². The van der Waals surface area contributed by atoms with Gasteiger partial charge in [-0.1, -0.05) is 18.2 Å². The molecule has 17 heavy (non-hydrogen) atoms. The summed E-state index contributed by atoms with van der Waals surface area (Å²) in [5, 5.41) is 3.40. The average molecular weight is 249 g/mol. The van der Waals surface area contributed by atoms with E-state index in [4.69, 9.17) is 4.74 Å². The maximum Gasteiger partial charge on any atom is 0.0700 e. The normalized spacial score (nSPS) is 28.0. The third kappa shape index (κ3) is 2.67. The van der Waals surface area contributed by atoms with Crippen LogP contribution >= 0.6 is 11.8 Å². The van der Waals surface area contributed by atoms with Gasteiger partial charge in [-0.3, -0.25) is 0 Å². The van der Waals surface area contributed by atoms with Crippen molar-refractivity contribution >= 4 is 11.8 Å². The maximum absolute atomic E-state index is 6.05. The zero-order valence-corrected chi connectivity index (χ0v) is 10.8. The molecule has 1 fully saturated rings. The minimum atomic E-state index is 0.432. The van der Waals surface area contributed by atoms with Crippen LogP contribution in [0.1, 0.15) is 24.3 Å². The van der Waals surface area contributed by atoms with E-state index in [1.807, 2.05) is 11.8 Å². The van der Waals surface area contributed by atoms with Crippen molar-refractivity contribution in [1.29, 1.82) is 0 Å². The second kappa shape index (κ2) is 5.42. The third-order valence-electron chi connectivity index (χ3n) is 3.58. The number of hydrogen-bond acceptors (Lipinski definition) is 3. The van der Waals surface area contributed by atoms with Crippen LogP contribution in [-0.4, -0.2) is 31.6 Å². The molecule has 0 saturated carbocycles. The van der Waals surface area contributed by atoms with Crippen LogP contribution in [0.3, 0.4) is 0 Å². The van der Waals surface area contributed by atoms with Gasteiger partial charge in [0.15, 0.2) is 0 Å². The second-order valence-corrected chi connectivity index (χ2v) is 5.91. The summed E-state index contributed by atoms with van der Waals surface area (Å²) < 4.78 is 6.05. The topological polar surface area (TPSA) is 21.3 Å². The van der Waals surface area contributed by atoms with Gasteiger partial charge < -0.3 is 10.1 Å². The number of benzene rings is 1. The van der Waals surface area contributed by atoms with E-state index in [9.17, 15) is 0 Å². The Hall–Kier alpha value is -0.510. The summed E-state index contributed by atoms with van der Waals surface area (Å²) in [4.78, 5) is 1.45. The van der Waals surface area contributed by atoms with Crippen LogP contribution in [0.4, 0.5) is 0 Å². The highest BCUT2D eigenvalue weighted by molar-refractivity contribution is 7.99. The molecule has 1 N–H and O–H groups in total. The quantitative estimate of drug-likeness (QED) is 0.890. The fourth-order valence-corrected chi connectivity index (χ4v) is 3.81. The number of rotatable bonds is 3. The Morgan fingerprint density at radius 3 is 3.18 bits per heavy atom. The first-order valence-electron chi connectivity index (χ1n) is 6.47. The Morgan fingerprint density at radius 1 is 1.35 bits per heavy atom. The Balaban J connectivity index is 1.56. The van der Waals surface area contributed by atoms with Crippen LogP contribution in [-0.2, 0) is 4.74 Å². The monoisotopic (exact) mass is 249 g/mol. The van der Waals surface area contributed by atoms with Gasteiger partial charge in [0, 0.05) is 23.1 Å². The highest BCUT2D eigenvalue weighted by Gasteiger charge is 2.24. The molecule has 0 aliphatic carbocycles. The predicted octanol–water partition coefficient (Wildman–Crippen LogP) is 2.64. The van der Waals surface area contributed by atoms with E-state index in [1.54, 1.807) is 0 Å². The van der Waals surface area contributed by atoms with E-state index in [2.05, 4.69) is 29.6 Å². The largest absolute Gasteiger partial charge is 0.376 e. The summed E-state index contributed by atoms with van der Waals surface area (Å²) in [6, 6.07) is 8.74. The Kier molecular flexibility index (Phi) is 3.69. The molecule has 3 heteroatoms. The number of piperidine rings is 1. The summed E-state index contributed by atoms with van der Waals surface area (Å²) in [7, 11) is 0. The molecule has 0 spiro atoms. The summed E-state index contributed by atoms with van der Waals surface area (Å²) in [5.74, 6) is 1.78. The van der Waals surface area contributed by atoms with Gasteiger partial charge in [-0.15, -0.1) is 11.8 Å². The SMILES string of the molecule is c1ccc2c(c1)SCC2CO[C@H]1CCCNC1. The van der Waals surface area contributed by atoms with Crippen LogP contribution in [0.2, 0.25) is 0 Å². The maximum atomic E-state index is 6.05. The zero-order chi connectivity index (χ0) is 11.5. The number of nitrogens with one attached hydrogen (secondary N) is 1. The Bertz CT molecular complexity index is 376. The number of thioether (sulfide) groups is 1. The molecule has 1 aromatic carbocycles. The van der Waals surface area contributed by atoms with Crippen LogP contribution in [0, 0.1) is 0 Å². The molecule has 2 aliphatic heterocycles. The summed E-state index contributed by atoms with van der Waals surface area (Å²) >= 11 is 1.97. The van der Waals surface area contributed by atoms with Crippen LogP contribution < -0.4 is 5.32 Å². The zero-order valence-electron chi connectivity index (χ0n) is 10.0. The van der Waals surface area contributed by atoms with E-state index >= 15 is 0 Å². The van der Waals surface area contributed by atoms with E-state index in [0.717, 1.165) is 19.7 Å². The molecule has 3 rings (SSSR count). The van der Waals surface area contributed by atoms with Crippen molar-refractivity contribution in [3.63, 3.8) is 0 Å². The van der Waals surface area contributed by atoms with Crippen molar-refractivity contribution in [2.24, 2.45) is 0 Å². The van der Waals surface area contributed by atoms with E-state index < -0.39 is 0 Å². The van der Waals surface area contributed by atoms with Gasteiger partial charge in [-0.05, 0) is 31.0 Å². The fourth-order valence-electron chi connectivity index (χ4n) is 2.58. The van der Waals surface area contributed by atoms with Crippen molar-refractivity contribution in [2.75, 3.05) is 25.4 Å². The van der Waals surface area contributed by atoms with Gasteiger partial charge in [-0.2, -0.15) is 0 Å².